The van der Waals surface area contributed by atoms with E-state index in [-0.39, 0.29) is 11.7 Å². The average Bonchev–Trinajstić information content (AvgIpc) is 3.00. The van der Waals surface area contributed by atoms with Gasteiger partial charge in [0.1, 0.15) is 17.7 Å². The first kappa shape index (κ1) is 16.8. The Kier molecular flexibility index (Phi) is 5.85. The van der Waals surface area contributed by atoms with Crippen LogP contribution in [0.2, 0.25) is 0 Å². The quantitative estimate of drug-likeness (QED) is 0.757. The van der Waals surface area contributed by atoms with E-state index in [9.17, 15) is 13.6 Å². The van der Waals surface area contributed by atoms with Gasteiger partial charge in [0.15, 0.2) is 6.10 Å². The van der Waals surface area contributed by atoms with E-state index in [0.717, 1.165) is 31.0 Å². The topological polar surface area (TPSA) is 44.8 Å². The van der Waals surface area contributed by atoms with E-state index >= 15 is 0 Å². The molecule has 3 unspecified atom stereocenters. The molecule has 1 fully saturated rings. The summed E-state index contributed by atoms with van der Waals surface area (Å²) in [4.78, 5) is 11.9. The number of hydrogen-bond acceptors (Lipinski definition) is 4. The molecule has 1 aromatic rings. The molecule has 1 aliphatic heterocycles. The summed E-state index contributed by atoms with van der Waals surface area (Å²) in [6.45, 7) is 4.08. The van der Waals surface area contributed by atoms with Gasteiger partial charge in [-0.05, 0) is 44.9 Å². The first-order valence-corrected chi connectivity index (χ1v) is 7.36. The van der Waals surface area contributed by atoms with Gasteiger partial charge in [-0.25, -0.2) is 13.6 Å². The molecule has 0 aliphatic carbocycles. The van der Waals surface area contributed by atoms with Crippen LogP contribution in [0.1, 0.15) is 38.4 Å². The van der Waals surface area contributed by atoms with Gasteiger partial charge in [0, 0.05) is 12.2 Å². The van der Waals surface area contributed by atoms with Gasteiger partial charge in [-0.3, -0.25) is 0 Å². The fourth-order valence-electron chi connectivity index (χ4n) is 2.26. The minimum Gasteiger partial charge on any atom is -0.456 e. The molecule has 2 rings (SSSR count). The van der Waals surface area contributed by atoms with Crippen LogP contribution in [0, 0.1) is 11.6 Å². The highest BCUT2D eigenvalue weighted by Gasteiger charge is 2.23. The Hall–Kier alpha value is -1.53. The predicted molar refractivity (Wildman–Crippen MR) is 75.3 cm³/mol. The van der Waals surface area contributed by atoms with Crippen molar-refractivity contribution in [2.75, 3.05) is 13.2 Å². The van der Waals surface area contributed by atoms with E-state index < -0.39 is 29.8 Å². The van der Waals surface area contributed by atoms with Crippen molar-refractivity contribution in [3.05, 3.63) is 35.4 Å². The minimum absolute atomic E-state index is 0.000300. The van der Waals surface area contributed by atoms with Crippen LogP contribution in [0.3, 0.4) is 0 Å². The molecule has 1 heterocycles. The molecular formula is C16H20F2O4. The summed E-state index contributed by atoms with van der Waals surface area (Å²) < 4.78 is 42.7. The summed E-state index contributed by atoms with van der Waals surface area (Å²) in [5, 5.41) is 0. The van der Waals surface area contributed by atoms with E-state index in [0.29, 0.717) is 13.2 Å². The number of ether oxygens (including phenoxy) is 3. The molecule has 0 aromatic heterocycles. The summed E-state index contributed by atoms with van der Waals surface area (Å²) in [6.07, 6.45) is 0.226. The number of rotatable bonds is 6. The molecule has 0 bridgehead atoms. The van der Waals surface area contributed by atoms with E-state index in [1.54, 1.807) is 6.92 Å². The third-order valence-electron chi connectivity index (χ3n) is 3.58. The van der Waals surface area contributed by atoms with Crippen LogP contribution in [0.5, 0.6) is 0 Å². The third kappa shape index (κ3) is 4.48. The van der Waals surface area contributed by atoms with Crippen LogP contribution in [0.25, 0.3) is 0 Å². The molecule has 0 N–H and O–H groups in total. The fourth-order valence-corrected chi connectivity index (χ4v) is 2.26. The van der Waals surface area contributed by atoms with Crippen LogP contribution >= 0.6 is 0 Å². The molecule has 3 atom stereocenters. The molecule has 1 saturated heterocycles. The first-order valence-electron chi connectivity index (χ1n) is 7.36. The molecular weight excluding hydrogens is 294 g/mol. The van der Waals surface area contributed by atoms with Crippen molar-refractivity contribution in [2.45, 2.75) is 45.0 Å². The van der Waals surface area contributed by atoms with E-state index in [1.165, 1.54) is 6.92 Å². The van der Waals surface area contributed by atoms with Crippen molar-refractivity contribution in [1.82, 2.24) is 0 Å². The van der Waals surface area contributed by atoms with Crippen LogP contribution in [-0.2, 0) is 19.0 Å². The molecule has 22 heavy (non-hydrogen) atoms. The Balaban J connectivity index is 1.85. The molecule has 0 spiro atoms. The predicted octanol–water partition coefficient (Wildman–Crippen LogP) is 3.15. The summed E-state index contributed by atoms with van der Waals surface area (Å²) >= 11 is 0. The summed E-state index contributed by atoms with van der Waals surface area (Å²) in [7, 11) is 0. The van der Waals surface area contributed by atoms with Gasteiger partial charge in [0.05, 0.1) is 12.7 Å². The Bertz CT molecular complexity index is 515. The van der Waals surface area contributed by atoms with Gasteiger partial charge < -0.3 is 14.2 Å². The van der Waals surface area contributed by atoms with E-state index in [1.807, 2.05) is 0 Å². The van der Waals surface area contributed by atoms with Gasteiger partial charge in [0.25, 0.3) is 0 Å². The fraction of sp³-hybridized carbons (Fsp3) is 0.562. The van der Waals surface area contributed by atoms with Crippen molar-refractivity contribution >= 4 is 5.97 Å². The van der Waals surface area contributed by atoms with Gasteiger partial charge in [-0.2, -0.15) is 0 Å². The summed E-state index contributed by atoms with van der Waals surface area (Å²) in [5.74, 6) is -1.81. The normalized spacial score (nSPS) is 20.6. The number of hydrogen-bond donors (Lipinski definition) is 0. The Labute approximate surface area is 128 Å². The number of halogens is 2. The largest absolute Gasteiger partial charge is 0.456 e. The Morgan fingerprint density at radius 2 is 2.18 bits per heavy atom. The number of benzene rings is 1. The van der Waals surface area contributed by atoms with Crippen molar-refractivity contribution in [2.24, 2.45) is 0 Å². The standard InChI is InChI=1S/C16H20F2O4/c1-10(14-8-12(17)5-6-15(14)18)22-16(19)11(2)21-9-13-4-3-7-20-13/h5-6,8,10-11,13H,3-4,7,9H2,1-2H3. The second-order valence-corrected chi connectivity index (χ2v) is 5.36. The second kappa shape index (κ2) is 7.65. The van der Waals surface area contributed by atoms with Crippen LogP contribution in [-0.4, -0.2) is 31.4 Å². The van der Waals surface area contributed by atoms with Crippen molar-refractivity contribution in [1.29, 1.82) is 0 Å². The zero-order valence-corrected chi connectivity index (χ0v) is 12.7. The maximum absolute atomic E-state index is 13.6. The third-order valence-corrected chi connectivity index (χ3v) is 3.58. The smallest absolute Gasteiger partial charge is 0.335 e. The van der Waals surface area contributed by atoms with Crippen LogP contribution in [0.4, 0.5) is 8.78 Å². The van der Waals surface area contributed by atoms with Gasteiger partial charge in [0.2, 0.25) is 0 Å². The minimum atomic E-state index is -0.892. The average molecular weight is 314 g/mol. The molecule has 1 aromatic carbocycles. The monoisotopic (exact) mass is 314 g/mol. The lowest BCUT2D eigenvalue weighted by atomic mass is 10.1. The van der Waals surface area contributed by atoms with Crippen molar-refractivity contribution < 1.29 is 27.8 Å². The Morgan fingerprint density at radius 1 is 1.41 bits per heavy atom. The summed E-state index contributed by atoms with van der Waals surface area (Å²) in [6, 6.07) is 3.04. The molecule has 122 valence electrons. The maximum Gasteiger partial charge on any atom is 0.335 e. The second-order valence-electron chi connectivity index (χ2n) is 5.36. The van der Waals surface area contributed by atoms with Crippen molar-refractivity contribution in [3.8, 4) is 0 Å². The SMILES string of the molecule is CC(OCC1CCCO1)C(=O)OC(C)c1cc(F)ccc1F. The lowest BCUT2D eigenvalue weighted by molar-refractivity contribution is -0.163. The zero-order valence-electron chi connectivity index (χ0n) is 12.7. The zero-order chi connectivity index (χ0) is 16.1. The maximum atomic E-state index is 13.6. The molecule has 0 amide bonds. The van der Waals surface area contributed by atoms with Gasteiger partial charge in [-0.15, -0.1) is 0 Å². The highest BCUT2D eigenvalue weighted by atomic mass is 19.1. The highest BCUT2D eigenvalue weighted by molar-refractivity contribution is 5.74. The van der Waals surface area contributed by atoms with E-state index in [4.69, 9.17) is 14.2 Å². The lowest BCUT2D eigenvalue weighted by Crippen LogP contribution is -2.28. The van der Waals surface area contributed by atoms with Gasteiger partial charge in [-0.1, -0.05) is 0 Å². The molecule has 0 saturated carbocycles. The Morgan fingerprint density at radius 3 is 2.86 bits per heavy atom. The van der Waals surface area contributed by atoms with Crippen LogP contribution < -0.4 is 0 Å². The van der Waals surface area contributed by atoms with Gasteiger partial charge >= 0.3 is 5.97 Å². The molecule has 1 aliphatic rings. The first-order chi connectivity index (χ1) is 10.5. The molecule has 6 heteroatoms. The van der Waals surface area contributed by atoms with E-state index in [2.05, 4.69) is 0 Å². The van der Waals surface area contributed by atoms with Crippen LogP contribution in [0.15, 0.2) is 18.2 Å². The summed E-state index contributed by atoms with van der Waals surface area (Å²) in [5.41, 5.74) is -0.000300. The molecule has 0 radical (unpaired) electrons. The van der Waals surface area contributed by atoms with Crippen molar-refractivity contribution in [3.63, 3.8) is 0 Å². The lowest BCUT2D eigenvalue weighted by Gasteiger charge is -2.19. The molecule has 4 nitrogen and oxygen atoms in total. The number of esters is 1. The number of carbonyl (C=O) groups excluding carboxylic acids is 1. The number of carbonyl (C=O) groups is 1. The highest BCUT2D eigenvalue weighted by Crippen LogP contribution is 2.22.